The van der Waals surface area contributed by atoms with E-state index in [0.717, 1.165) is 5.56 Å². The lowest BCUT2D eigenvalue weighted by Crippen LogP contribution is -2.39. The Morgan fingerprint density at radius 2 is 2.05 bits per heavy atom. The first kappa shape index (κ1) is 16.0. The van der Waals surface area contributed by atoms with E-state index in [0.29, 0.717) is 36.5 Å². The quantitative estimate of drug-likeness (QED) is 0.717. The second-order valence-corrected chi connectivity index (χ2v) is 5.11. The molecule has 4 N–H and O–H groups in total. The average molecular weight is 285 g/mol. The fourth-order valence-electron chi connectivity index (χ4n) is 1.77. The molecule has 0 atom stereocenters. The third-order valence-electron chi connectivity index (χ3n) is 3.42. The van der Waals surface area contributed by atoms with Gasteiger partial charge in [0.1, 0.15) is 0 Å². The largest absolute Gasteiger partial charge is 0.389 e. The number of aliphatic hydroxyl groups is 1. The van der Waals surface area contributed by atoms with Crippen molar-refractivity contribution in [3.05, 3.63) is 34.3 Å². The van der Waals surface area contributed by atoms with Gasteiger partial charge in [0, 0.05) is 23.7 Å². The second kappa shape index (κ2) is 6.89. The molecule has 1 aromatic carbocycles. The number of nitrogens with two attached hydrogens (primary N) is 1. The molecular weight excluding hydrogens is 264 g/mol. The number of amides is 1. The minimum absolute atomic E-state index is 0.396. The van der Waals surface area contributed by atoms with Crippen molar-refractivity contribution in [1.29, 1.82) is 0 Å². The monoisotopic (exact) mass is 284 g/mol. The number of carbonyl (C=O) groups excluding carboxylic acids is 1. The van der Waals surface area contributed by atoms with Crippen LogP contribution in [0.1, 0.15) is 42.6 Å². The lowest BCUT2D eigenvalue weighted by Gasteiger charge is -2.25. The van der Waals surface area contributed by atoms with Gasteiger partial charge in [-0.3, -0.25) is 4.79 Å². The molecule has 0 saturated carbocycles. The zero-order chi connectivity index (χ0) is 14.5. The molecule has 0 aliphatic carbocycles. The summed E-state index contributed by atoms with van der Waals surface area (Å²) < 4.78 is 0. The van der Waals surface area contributed by atoms with Gasteiger partial charge < -0.3 is 16.2 Å². The van der Waals surface area contributed by atoms with Gasteiger partial charge in [-0.2, -0.15) is 0 Å². The Kier molecular flexibility index (Phi) is 5.79. The van der Waals surface area contributed by atoms with E-state index in [1.807, 2.05) is 13.8 Å². The molecule has 0 fully saturated rings. The normalized spacial score (nSPS) is 11.6. The highest BCUT2D eigenvalue weighted by Gasteiger charge is 2.21. The topological polar surface area (TPSA) is 75.3 Å². The Morgan fingerprint density at radius 3 is 2.53 bits per heavy atom. The summed E-state index contributed by atoms with van der Waals surface area (Å²) >= 11 is 6.08. The predicted octanol–water partition coefficient (Wildman–Crippen LogP) is 2.08. The standard InChI is InChI=1S/C14H21ClN2O2/c1-3-14(19,4-2)9-17-8-11-6-5-10(13(16)18)7-12(11)15/h5-7,17,19H,3-4,8-9H2,1-2H3,(H2,16,18). The smallest absolute Gasteiger partial charge is 0.248 e. The van der Waals surface area contributed by atoms with Gasteiger partial charge in [0.15, 0.2) is 0 Å². The predicted molar refractivity (Wildman–Crippen MR) is 77.2 cm³/mol. The Balaban J connectivity index is 2.61. The van der Waals surface area contributed by atoms with E-state index >= 15 is 0 Å². The van der Waals surface area contributed by atoms with Crippen LogP contribution >= 0.6 is 11.6 Å². The molecule has 1 amide bonds. The first-order chi connectivity index (χ1) is 8.91. The molecule has 0 aromatic heterocycles. The van der Waals surface area contributed by atoms with Crippen LogP contribution < -0.4 is 11.1 Å². The van der Waals surface area contributed by atoms with Gasteiger partial charge in [0.25, 0.3) is 0 Å². The van der Waals surface area contributed by atoms with Gasteiger partial charge >= 0.3 is 0 Å². The van der Waals surface area contributed by atoms with Gasteiger partial charge in [0.2, 0.25) is 5.91 Å². The zero-order valence-electron chi connectivity index (χ0n) is 11.4. The highest BCUT2D eigenvalue weighted by Crippen LogP contribution is 2.18. The fraction of sp³-hybridized carbons (Fsp3) is 0.500. The lowest BCUT2D eigenvalue weighted by molar-refractivity contribution is 0.0323. The van der Waals surface area contributed by atoms with E-state index < -0.39 is 11.5 Å². The molecule has 0 heterocycles. The maximum atomic E-state index is 11.0. The molecular formula is C14H21ClN2O2. The van der Waals surface area contributed by atoms with Gasteiger partial charge in [-0.05, 0) is 30.5 Å². The summed E-state index contributed by atoms with van der Waals surface area (Å²) in [6, 6.07) is 4.98. The van der Waals surface area contributed by atoms with Crippen LogP contribution in [0, 0.1) is 0 Å². The lowest BCUT2D eigenvalue weighted by atomic mass is 9.97. The minimum atomic E-state index is -0.681. The molecule has 0 spiro atoms. The third-order valence-corrected chi connectivity index (χ3v) is 3.78. The van der Waals surface area contributed by atoms with E-state index in [9.17, 15) is 9.90 Å². The van der Waals surface area contributed by atoms with Crippen molar-refractivity contribution in [2.45, 2.75) is 38.8 Å². The average Bonchev–Trinajstić information content (AvgIpc) is 2.40. The maximum absolute atomic E-state index is 11.0. The van der Waals surface area contributed by atoms with Crippen LogP contribution in [0.3, 0.4) is 0 Å². The van der Waals surface area contributed by atoms with Crippen molar-refractivity contribution in [2.24, 2.45) is 5.73 Å². The van der Waals surface area contributed by atoms with Gasteiger partial charge in [0.05, 0.1) is 5.60 Å². The molecule has 0 radical (unpaired) electrons. The Hall–Kier alpha value is -1.10. The SMILES string of the molecule is CCC(O)(CC)CNCc1ccc(C(N)=O)cc1Cl. The van der Waals surface area contributed by atoms with Crippen LogP contribution in [0.5, 0.6) is 0 Å². The Morgan fingerprint density at radius 1 is 1.42 bits per heavy atom. The molecule has 106 valence electrons. The summed E-state index contributed by atoms with van der Waals surface area (Å²) in [6.07, 6.45) is 1.40. The van der Waals surface area contributed by atoms with Crippen molar-refractivity contribution < 1.29 is 9.90 Å². The molecule has 0 unspecified atom stereocenters. The van der Waals surface area contributed by atoms with Crippen LogP contribution in [0.2, 0.25) is 5.02 Å². The van der Waals surface area contributed by atoms with E-state index in [-0.39, 0.29) is 0 Å². The summed E-state index contributed by atoms with van der Waals surface area (Å²) in [4.78, 5) is 11.0. The molecule has 0 aliphatic heterocycles. The molecule has 4 nitrogen and oxygen atoms in total. The fourth-order valence-corrected chi connectivity index (χ4v) is 2.02. The van der Waals surface area contributed by atoms with Crippen molar-refractivity contribution in [3.63, 3.8) is 0 Å². The van der Waals surface area contributed by atoms with E-state index in [4.69, 9.17) is 17.3 Å². The number of hydrogen-bond acceptors (Lipinski definition) is 3. The van der Waals surface area contributed by atoms with Crippen molar-refractivity contribution >= 4 is 17.5 Å². The number of halogens is 1. The number of carbonyl (C=O) groups is 1. The number of benzene rings is 1. The third kappa shape index (κ3) is 4.49. The summed E-state index contributed by atoms with van der Waals surface area (Å²) in [5.41, 5.74) is 5.77. The van der Waals surface area contributed by atoms with Crippen LogP contribution in [-0.4, -0.2) is 23.2 Å². The Labute approximate surface area is 118 Å². The van der Waals surface area contributed by atoms with Gasteiger partial charge in [-0.25, -0.2) is 0 Å². The number of rotatable bonds is 7. The molecule has 5 heteroatoms. The summed E-state index contributed by atoms with van der Waals surface area (Å²) in [7, 11) is 0. The highest BCUT2D eigenvalue weighted by atomic mass is 35.5. The van der Waals surface area contributed by atoms with E-state index in [1.54, 1.807) is 18.2 Å². The summed E-state index contributed by atoms with van der Waals surface area (Å²) in [5.74, 6) is -0.493. The Bertz CT molecular complexity index is 445. The molecule has 19 heavy (non-hydrogen) atoms. The second-order valence-electron chi connectivity index (χ2n) is 4.71. The van der Waals surface area contributed by atoms with Crippen LogP contribution in [-0.2, 0) is 6.54 Å². The molecule has 0 bridgehead atoms. The summed E-state index contributed by atoms with van der Waals surface area (Å²) in [5, 5.41) is 13.8. The first-order valence-electron chi connectivity index (χ1n) is 6.43. The summed E-state index contributed by atoms with van der Waals surface area (Å²) in [6.45, 7) is 4.97. The van der Waals surface area contributed by atoms with E-state index in [2.05, 4.69) is 5.32 Å². The van der Waals surface area contributed by atoms with E-state index in [1.165, 1.54) is 0 Å². The van der Waals surface area contributed by atoms with Crippen molar-refractivity contribution in [3.8, 4) is 0 Å². The van der Waals surface area contributed by atoms with Gasteiger partial charge in [-0.1, -0.05) is 31.5 Å². The molecule has 0 aliphatic rings. The van der Waals surface area contributed by atoms with Crippen molar-refractivity contribution in [1.82, 2.24) is 5.32 Å². The zero-order valence-corrected chi connectivity index (χ0v) is 12.1. The molecule has 1 aromatic rings. The van der Waals surface area contributed by atoms with Crippen LogP contribution in [0.4, 0.5) is 0 Å². The minimum Gasteiger partial charge on any atom is -0.389 e. The highest BCUT2D eigenvalue weighted by molar-refractivity contribution is 6.31. The maximum Gasteiger partial charge on any atom is 0.248 e. The number of primary amides is 1. The van der Waals surface area contributed by atoms with Crippen molar-refractivity contribution in [2.75, 3.05) is 6.54 Å². The number of nitrogens with one attached hydrogen (secondary N) is 1. The molecule has 0 saturated heterocycles. The van der Waals surface area contributed by atoms with Crippen LogP contribution in [0.15, 0.2) is 18.2 Å². The first-order valence-corrected chi connectivity index (χ1v) is 6.81. The molecule has 1 rings (SSSR count). The van der Waals surface area contributed by atoms with Gasteiger partial charge in [-0.15, -0.1) is 0 Å². The number of hydrogen-bond donors (Lipinski definition) is 3. The van der Waals surface area contributed by atoms with Crippen LogP contribution in [0.25, 0.3) is 0 Å².